The first kappa shape index (κ1) is 14.9. The van der Waals surface area contributed by atoms with E-state index in [4.69, 9.17) is 5.26 Å². The van der Waals surface area contributed by atoms with E-state index in [0.29, 0.717) is 17.8 Å². The normalized spacial score (nSPS) is 10.7. The minimum Gasteiger partial charge on any atom is -0.381 e. The minimum atomic E-state index is -3.26. The number of hydrogen-bond donors (Lipinski definition) is 2. The van der Waals surface area contributed by atoms with Crippen molar-refractivity contribution in [1.29, 1.82) is 5.26 Å². The largest absolute Gasteiger partial charge is 0.381 e. The molecule has 0 atom stereocenters. The molecule has 0 fully saturated rings. The van der Waals surface area contributed by atoms with E-state index in [1.807, 2.05) is 18.2 Å². The molecule has 5 nitrogen and oxygen atoms in total. The molecule has 0 amide bonds. The van der Waals surface area contributed by atoms with Gasteiger partial charge in [0.05, 0.1) is 17.9 Å². The minimum absolute atomic E-state index is 0.514. The van der Waals surface area contributed by atoms with Crippen LogP contribution in [0.15, 0.2) is 48.5 Å². The molecule has 0 heterocycles. The van der Waals surface area contributed by atoms with E-state index < -0.39 is 10.0 Å². The fourth-order valence-corrected chi connectivity index (χ4v) is 2.42. The Morgan fingerprint density at radius 3 is 2.29 bits per heavy atom. The molecule has 0 bridgehead atoms. The van der Waals surface area contributed by atoms with Crippen molar-refractivity contribution >= 4 is 21.4 Å². The summed E-state index contributed by atoms with van der Waals surface area (Å²) < 4.78 is 24.6. The van der Waals surface area contributed by atoms with Crippen LogP contribution in [-0.4, -0.2) is 14.7 Å². The molecule has 21 heavy (non-hydrogen) atoms. The molecule has 2 N–H and O–H groups in total. The van der Waals surface area contributed by atoms with Crippen LogP contribution in [0.2, 0.25) is 0 Å². The lowest BCUT2D eigenvalue weighted by Gasteiger charge is -2.09. The Balaban J connectivity index is 2.03. The summed E-state index contributed by atoms with van der Waals surface area (Å²) in [6.45, 7) is 0.530. The first-order valence-electron chi connectivity index (χ1n) is 6.28. The van der Waals surface area contributed by atoms with Gasteiger partial charge >= 0.3 is 0 Å². The van der Waals surface area contributed by atoms with E-state index in [1.165, 1.54) is 0 Å². The van der Waals surface area contributed by atoms with Crippen LogP contribution in [0, 0.1) is 11.3 Å². The zero-order valence-corrected chi connectivity index (χ0v) is 12.3. The molecule has 2 rings (SSSR count). The van der Waals surface area contributed by atoms with Gasteiger partial charge < -0.3 is 5.32 Å². The van der Waals surface area contributed by atoms with E-state index in [2.05, 4.69) is 16.1 Å². The van der Waals surface area contributed by atoms with Crippen molar-refractivity contribution in [3.63, 3.8) is 0 Å². The monoisotopic (exact) mass is 301 g/mol. The SMILES string of the molecule is CS(=O)(=O)Nc1ccc(NCc2ccccc2C#N)cc1. The van der Waals surface area contributed by atoms with Crippen LogP contribution in [0.25, 0.3) is 0 Å². The van der Waals surface area contributed by atoms with E-state index in [0.717, 1.165) is 17.5 Å². The summed E-state index contributed by atoms with van der Waals surface area (Å²) in [5.74, 6) is 0. The van der Waals surface area contributed by atoms with Crippen molar-refractivity contribution in [3.8, 4) is 6.07 Å². The van der Waals surface area contributed by atoms with Gasteiger partial charge in [0.2, 0.25) is 10.0 Å². The van der Waals surface area contributed by atoms with Crippen molar-refractivity contribution < 1.29 is 8.42 Å². The quantitative estimate of drug-likeness (QED) is 0.889. The van der Waals surface area contributed by atoms with Gasteiger partial charge in [-0.2, -0.15) is 5.26 Å². The first-order valence-corrected chi connectivity index (χ1v) is 8.17. The van der Waals surface area contributed by atoms with Crippen LogP contribution in [-0.2, 0) is 16.6 Å². The predicted molar refractivity (Wildman–Crippen MR) is 83.4 cm³/mol. The standard InChI is InChI=1S/C15H15N3O2S/c1-21(19,20)18-15-8-6-14(7-9-15)17-11-13-5-3-2-4-12(13)10-16/h2-9,17-18H,11H2,1H3. The summed E-state index contributed by atoms with van der Waals surface area (Å²) in [5, 5.41) is 12.2. The third-order valence-electron chi connectivity index (χ3n) is 2.81. The van der Waals surface area contributed by atoms with Crippen molar-refractivity contribution in [2.75, 3.05) is 16.3 Å². The Morgan fingerprint density at radius 2 is 1.67 bits per heavy atom. The topological polar surface area (TPSA) is 82.0 Å². The molecule has 0 aliphatic rings. The molecule has 0 aliphatic heterocycles. The van der Waals surface area contributed by atoms with Crippen LogP contribution in [0.1, 0.15) is 11.1 Å². The lowest BCUT2D eigenvalue weighted by atomic mass is 10.1. The molecule has 108 valence electrons. The van der Waals surface area contributed by atoms with Crippen LogP contribution in [0.5, 0.6) is 0 Å². The highest BCUT2D eigenvalue weighted by Crippen LogP contribution is 2.16. The van der Waals surface area contributed by atoms with E-state index in [-0.39, 0.29) is 0 Å². The predicted octanol–water partition coefficient (Wildman–Crippen LogP) is 2.54. The summed E-state index contributed by atoms with van der Waals surface area (Å²) in [7, 11) is -3.26. The van der Waals surface area contributed by atoms with E-state index >= 15 is 0 Å². The summed E-state index contributed by atoms with van der Waals surface area (Å²) in [4.78, 5) is 0. The summed E-state index contributed by atoms with van der Waals surface area (Å²) >= 11 is 0. The molecular formula is C15H15N3O2S. The molecule has 0 radical (unpaired) electrons. The second kappa shape index (κ2) is 6.29. The molecule has 0 spiro atoms. The van der Waals surface area contributed by atoms with Gasteiger partial charge in [0.15, 0.2) is 0 Å². The lowest BCUT2D eigenvalue weighted by Crippen LogP contribution is -2.09. The fourth-order valence-electron chi connectivity index (χ4n) is 1.85. The number of nitriles is 1. The Kier molecular flexibility index (Phi) is 4.45. The number of rotatable bonds is 5. The number of benzene rings is 2. The Morgan fingerprint density at radius 1 is 1.05 bits per heavy atom. The second-order valence-electron chi connectivity index (χ2n) is 4.57. The first-order chi connectivity index (χ1) is 9.98. The van der Waals surface area contributed by atoms with Gasteiger partial charge in [-0.1, -0.05) is 18.2 Å². The van der Waals surface area contributed by atoms with Crippen molar-refractivity contribution in [2.24, 2.45) is 0 Å². The second-order valence-corrected chi connectivity index (χ2v) is 6.32. The van der Waals surface area contributed by atoms with E-state index in [9.17, 15) is 8.42 Å². The van der Waals surface area contributed by atoms with Gasteiger partial charge in [-0.3, -0.25) is 4.72 Å². The summed E-state index contributed by atoms with van der Waals surface area (Å²) in [5.41, 5.74) is 2.92. The molecule has 2 aromatic rings. The van der Waals surface area contributed by atoms with E-state index in [1.54, 1.807) is 30.3 Å². The van der Waals surface area contributed by atoms with Crippen LogP contribution >= 0.6 is 0 Å². The number of hydrogen-bond acceptors (Lipinski definition) is 4. The zero-order chi connectivity index (χ0) is 15.3. The molecule has 0 aromatic heterocycles. The Hall–Kier alpha value is -2.52. The molecular weight excluding hydrogens is 286 g/mol. The fraction of sp³-hybridized carbons (Fsp3) is 0.133. The van der Waals surface area contributed by atoms with Crippen LogP contribution < -0.4 is 10.0 Å². The average Bonchev–Trinajstić information content (AvgIpc) is 2.45. The maximum absolute atomic E-state index is 11.1. The highest BCUT2D eigenvalue weighted by atomic mass is 32.2. The Bertz CT molecular complexity index is 762. The maximum atomic E-state index is 11.1. The molecule has 0 unspecified atom stereocenters. The van der Waals surface area contributed by atoms with Gasteiger partial charge in [-0.15, -0.1) is 0 Å². The lowest BCUT2D eigenvalue weighted by molar-refractivity contribution is 0.607. The van der Waals surface area contributed by atoms with Gasteiger partial charge in [-0.25, -0.2) is 8.42 Å². The average molecular weight is 301 g/mol. The molecule has 0 saturated heterocycles. The highest BCUT2D eigenvalue weighted by molar-refractivity contribution is 7.92. The number of anilines is 2. The molecule has 2 aromatic carbocycles. The third-order valence-corrected chi connectivity index (χ3v) is 3.42. The maximum Gasteiger partial charge on any atom is 0.229 e. The highest BCUT2D eigenvalue weighted by Gasteiger charge is 2.03. The molecule has 0 saturated carbocycles. The number of sulfonamides is 1. The molecule has 6 heteroatoms. The van der Waals surface area contributed by atoms with Crippen LogP contribution in [0.3, 0.4) is 0 Å². The smallest absolute Gasteiger partial charge is 0.229 e. The van der Waals surface area contributed by atoms with Gasteiger partial charge in [0, 0.05) is 17.9 Å². The van der Waals surface area contributed by atoms with Gasteiger partial charge in [-0.05, 0) is 35.9 Å². The number of nitrogens with zero attached hydrogens (tertiary/aromatic N) is 1. The van der Waals surface area contributed by atoms with Crippen molar-refractivity contribution in [2.45, 2.75) is 6.54 Å². The van der Waals surface area contributed by atoms with Gasteiger partial charge in [0.25, 0.3) is 0 Å². The summed E-state index contributed by atoms with van der Waals surface area (Å²) in [6.07, 6.45) is 1.11. The number of nitrogens with one attached hydrogen (secondary N) is 2. The zero-order valence-electron chi connectivity index (χ0n) is 11.5. The van der Waals surface area contributed by atoms with Gasteiger partial charge in [0.1, 0.15) is 0 Å². The summed E-state index contributed by atoms with van der Waals surface area (Å²) in [6, 6.07) is 16.5. The van der Waals surface area contributed by atoms with Crippen molar-refractivity contribution in [1.82, 2.24) is 0 Å². The van der Waals surface area contributed by atoms with Crippen LogP contribution in [0.4, 0.5) is 11.4 Å². The molecule has 0 aliphatic carbocycles. The third kappa shape index (κ3) is 4.51. The Labute approximate surface area is 124 Å². The van der Waals surface area contributed by atoms with Crippen molar-refractivity contribution in [3.05, 3.63) is 59.7 Å².